The zero-order chi connectivity index (χ0) is 15.9. The predicted molar refractivity (Wildman–Crippen MR) is 86.8 cm³/mol. The first-order valence-electron chi connectivity index (χ1n) is 8.24. The molecular formula is C18H27NO3. The maximum Gasteiger partial charge on any atom is 0.303 e. The molecule has 1 aliphatic heterocycles. The molecular weight excluding hydrogens is 278 g/mol. The standard InChI is InChI=1S/C18H27NO3/c1-3-14(2)19-11-12-22-18(15-7-5-4-6-8-15)16(13-19)9-10-17(20)21/h4-8,14,16,18H,3,9-13H2,1-2H3,(H,20,21). The molecule has 1 heterocycles. The van der Waals surface area contributed by atoms with Crippen LogP contribution in [0.3, 0.4) is 0 Å². The van der Waals surface area contributed by atoms with Crippen LogP contribution in [0.4, 0.5) is 0 Å². The van der Waals surface area contributed by atoms with Gasteiger partial charge in [-0.3, -0.25) is 9.69 Å². The van der Waals surface area contributed by atoms with Gasteiger partial charge < -0.3 is 9.84 Å². The van der Waals surface area contributed by atoms with Gasteiger partial charge in [-0.1, -0.05) is 37.3 Å². The van der Waals surface area contributed by atoms with E-state index < -0.39 is 5.97 Å². The maximum absolute atomic E-state index is 11.0. The van der Waals surface area contributed by atoms with Gasteiger partial charge in [-0.2, -0.15) is 0 Å². The van der Waals surface area contributed by atoms with Gasteiger partial charge in [0.15, 0.2) is 0 Å². The van der Waals surface area contributed by atoms with Gasteiger partial charge in [-0.05, 0) is 25.3 Å². The molecule has 22 heavy (non-hydrogen) atoms. The van der Waals surface area contributed by atoms with Crippen LogP contribution in [0, 0.1) is 5.92 Å². The fourth-order valence-corrected chi connectivity index (χ4v) is 3.14. The third kappa shape index (κ3) is 4.55. The largest absolute Gasteiger partial charge is 0.481 e. The first-order chi connectivity index (χ1) is 10.6. The SMILES string of the molecule is CCC(C)N1CCOC(c2ccccc2)C(CCC(=O)O)C1. The van der Waals surface area contributed by atoms with Crippen molar-refractivity contribution in [2.24, 2.45) is 5.92 Å². The van der Waals surface area contributed by atoms with Crippen LogP contribution in [-0.4, -0.2) is 41.7 Å². The summed E-state index contributed by atoms with van der Waals surface area (Å²) in [7, 11) is 0. The average Bonchev–Trinajstić information content (AvgIpc) is 2.75. The Labute approximate surface area is 133 Å². The van der Waals surface area contributed by atoms with Crippen LogP contribution in [0.25, 0.3) is 0 Å². The molecule has 2 rings (SSSR count). The molecule has 3 unspecified atom stereocenters. The molecule has 1 fully saturated rings. The van der Waals surface area contributed by atoms with Gasteiger partial charge in [0.2, 0.25) is 0 Å². The lowest BCUT2D eigenvalue weighted by atomic mass is 9.90. The molecule has 4 nitrogen and oxygen atoms in total. The maximum atomic E-state index is 11.0. The molecule has 3 atom stereocenters. The van der Waals surface area contributed by atoms with Crippen molar-refractivity contribution in [2.75, 3.05) is 19.7 Å². The summed E-state index contributed by atoms with van der Waals surface area (Å²) in [6.45, 7) is 6.95. The van der Waals surface area contributed by atoms with E-state index in [1.807, 2.05) is 18.2 Å². The fraction of sp³-hybridized carbons (Fsp3) is 0.611. The van der Waals surface area contributed by atoms with Crippen molar-refractivity contribution in [1.82, 2.24) is 4.90 Å². The molecule has 1 N–H and O–H groups in total. The highest BCUT2D eigenvalue weighted by Crippen LogP contribution is 2.32. The van der Waals surface area contributed by atoms with Crippen molar-refractivity contribution < 1.29 is 14.6 Å². The number of rotatable bonds is 6. The van der Waals surface area contributed by atoms with E-state index in [9.17, 15) is 4.79 Å². The van der Waals surface area contributed by atoms with E-state index in [-0.39, 0.29) is 18.4 Å². The number of carbonyl (C=O) groups is 1. The van der Waals surface area contributed by atoms with E-state index in [1.54, 1.807) is 0 Å². The van der Waals surface area contributed by atoms with Gasteiger partial charge in [0.05, 0.1) is 12.7 Å². The van der Waals surface area contributed by atoms with Gasteiger partial charge in [0.25, 0.3) is 0 Å². The highest BCUT2D eigenvalue weighted by Gasteiger charge is 2.30. The number of hydrogen-bond donors (Lipinski definition) is 1. The first kappa shape index (κ1) is 17.0. The number of carboxylic acids is 1. The highest BCUT2D eigenvalue weighted by atomic mass is 16.5. The van der Waals surface area contributed by atoms with Crippen molar-refractivity contribution in [3.05, 3.63) is 35.9 Å². The Morgan fingerprint density at radius 3 is 2.77 bits per heavy atom. The monoisotopic (exact) mass is 305 g/mol. The van der Waals surface area contributed by atoms with Gasteiger partial charge in [-0.25, -0.2) is 0 Å². The second kappa shape index (κ2) is 8.30. The number of ether oxygens (including phenoxy) is 1. The van der Waals surface area contributed by atoms with Crippen LogP contribution in [0.1, 0.15) is 44.8 Å². The molecule has 1 aliphatic rings. The lowest BCUT2D eigenvalue weighted by Gasteiger charge is -2.31. The molecule has 0 spiro atoms. The molecule has 0 bridgehead atoms. The van der Waals surface area contributed by atoms with E-state index in [2.05, 4.69) is 30.9 Å². The third-order valence-electron chi connectivity index (χ3n) is 4.64. The smallest absolute Gasteiger partial charge is 0.303 e. The van der Waals surface area contributed by atoms with Crippen molar-refractivity contribution in [1.29, 1.82) is 0 Å². The summed E-state index contributed by atoms with van der Waals surface area (Å²) < 4.78 is 6.12. The van der Waals surface area contributed by atoms with E-state index in [4.69, 9.17) is 9.84 Å². The molecule has 0 amide bonds. The van der Waals surface area contributed by atoms with Crippen molar-refractivity contribution in [2.45, 2.75) is 45.3 Å². The van der Waals surface area contributed by atoms with E-state index in [1.165, 1.54) is 0 Å². The summed E-state index contributed by atoms with van der Waals surface area (Å²) in [5.74, 6) is -0.513. The minimum atomic E-state index is -0.730. The summed E-state index contributed by atoms with van der Waals surface area (Å²) in [5.41, 5.74) is 1.16. The van der Waals surface area contributed by atoms with Gasteiger partial charge in [0, 0.05) is 31.5 Å². The van der Waals surface area contributed by atoms with Crippen molar-refractivity contribution >= 4 is 5.97 Å². The molecule has 1 saturated heterocycles. The van der Waals surface area contributed by atoms with Gasteiger partial charge >= 0.3 is 5.97 Å². The van der Waals surface area contributed by atoms with Gasteiger partial charge in [0.1, 0.15) is 0 Å². The minimum absolute atomic E-state index is 0.00499. The summed E-state index contributed by atoms with van der Waals surface area (Å²) in [4.78, 5) is 13.4. The minimum Gasteiger partial charge on any atom is -0.481 e. The van der Waals surface area contributed by atoms with Crippen LogP contribution >= 0.6 is 0 Å². The molecule has 0 aromatic heterocycles. The summed E-state index contributed by atoms with van der Waals surface area (Å²) in [6, 6.07) is 10.7. The van der Waals surface area contributed by atoms with Crippen LogP contribution in [-0.2, 0) is 9.53 Å². The zero-order valence-corrected chi connectivity index (χ0v) is 13.6. The first-order valence-corrected chi connectivity index (χ1v) is 8.24. The Hall–Kier alpha value is -1.39. The summed E-state index contributed by atoms with van der Waals surface area (Å²) in [5, 5.41) is 9.04. The van der Waals surface area contributed by atoms with Crippen LogP contribution in [0.2, 0.25) is 0 Å². The van der Waals surface area contributed by atoms with Crippen LogP contribution in [0.5, 0.6) is 0 Å². The van der Waals surface area contributed by atoms with E-state index in [0.29, 0.717) is 19.1 Å². The molecule has 0 aliphatic carbocycles. The predicted octanol–water partition coefficient (Wildman–Crippen LogP) is 3.34. The van der Waals surface area contributed by atoms with E-state index in [0.717, 1.165) is 25.1 Å². The number of nitrogens with zero attached hydrogens (tertiary/aromatic N) is 1. The number of carboxylic acid groups (broad SMARTS) is 1. The van der Waals surface area contributed by atoms with E-state index >= 15 is 0 Å². The molecule has 0 saturated carbocycles. The van der Waals surface area contributed by atoms with Crippen molar-refractivity contribution in [3.63, 3.8) is 0 Å². The Morgan fingerprint density at radius 1 is 1.41 bits per heavy atom. The van der Waals surface area contributed by atoms with Gasteiger partial charge in [-0.15, -0.1) is 0 Å². The summed E-state index contributed by atoms with van der Waals surface area (Å²) in [6.07, 6.45) is 1.95. The number of aliphatic carboxylic acids is 1. The molecule has 1 aromatic carbocycles. The Balaban J connectivity index is 2.16. The Morgan fingerprint density at radius 2 is 2.14 bits per heavy atom. The molecule has 1 aromatic rings. The van der Waals surface area contributed by atoms with Crippen molar-refractivity contribution in [3.8, 4) is 0 Å². The highest BCUT2D eigenvalue weighted by molar-refractivity contribution is 5.66. The number of hydrogen-bond acceptors (Lipinski definition) is 3. The fourth-order valence-electron chi connectivity index (χ4n) is 3.14. The van der Waals surface area contributed by atoms with Crippen LogP contribution in [0.15, 0.2) is 30.3 Å². The Kier molecular flexibility index (Phi) is 6.40. The summed E-state index contributed by atoms with van der Waals surface area (Å²) >= 11 is 0. The second-order valence-electron chi connectivity index (χ2n) is 6.15. The molecule has 4 heteroatoms. The second-order valence-corrected chi connectivity index (χ2v) is 6.15. The quantitative estimate of drug-likeness (QED) is 0.876. The molecule has 122 valence electrons. The molecule has 0 radical (unpaired) electrons. The lowest BCUT2D eigenvalue weighted by Crippen LogP contribution is -2.37. The third-order valence-corrected chi connectivity index (χ3v) is 4.64. The number of benzene rings is 1. The lowest BCUT2D eigenvalue weighted by molar-refractivity contribution is -0.137. The van der Waals surface area contributed by atoms with Crippen LogP contribution < -0.4 is 0 Å². The topological polar surface area (TPSA) is 49.8 Å². The Bertz CT molecular complexity index is 463. The zero-order valence-electron chi connectivity index (χ0n) is 13.6. The average molecular weight is 305 g/mol. The normalized spacial score (nSPS) is 24.6.